The van der Waals surface area contributed by atoms with E-state index in [1.165, 1.54) is 4.90 Å². The van der Waals surface area contributed by atoms with Crippen LogP contribution in [-0.4, -0.2) is 25.0 Å². The van der Waals surface area contributed by atoms with Crippen molar-refractivity contribution in [3.8, 4) is 5.75 Å². The molecule has 0 bridgehead atoms. The number of nitrogens with zero attached hydrogens (tertiary/aromatic N) is 1. The molecule has 1 saturated heterocycles. The molecule has 1 N–H and O–H groups in total. The summed E-state index contributed by atoms with van der Waals surface area (Å²) in [7, 11) is 1.58. The van der Waals surface area contributed by atoms with E-state index in [9.17, 15) is 9.59 Å². The summed E-state index contributed by atoms with van der Waals surface area (Å²) in [5.41, 5.74) is 1.26. The van der Waals surface area contributed by atoms with Gasteiger partial charge in [0.2, 0.25) is 5.91 Å². The molecule has 5 nitrogen and oxygen atoms in total. The van der Waals surface area contributed by atoms with Crippen LogP contribution >= 0.6 is 11.6 Å². The highest BCUT2D eigenvalue weighted by Gasteiger charge is 2.39. The van der Waals surface area contributed by atoms with E-state index in [1.807, 2.05) is 18.2 Å². The summed E-state index contributed by atoms with van der Waals surface area (Å²) >= 11 is 5.84. The van der Waals surface area contributed by atoms with Crippen molar-refractivity contribution in [1.29, 1.82) is 0 Å². The van der Waals surface area contributed by atoms with Gasteiger partial charge in [0, 0.05) is 16.8 Å². The van der Waals surface area contributed by atoms with E-state index in [0.29, 0.717) is 16.5 Å². The molecule has 1 fully saturated rings. The van der Waals surface area contributed by atoms with E-state index < -0.39 is 6.04 Å². The molecule has 0 aliphatic carbocycles. The number of imide groups is 1. The molecule has 0 aromatic heterocycles. The van der Waals surface area contributed by atoms with Gasteiger partial charge in [0.1, 0.15) is 11.8 Å². The number of carbonyl (C=O) groups is 2. The topological polar surface area (TPSA) is 58.6 Å². The Balaban J connectivity index is 1.79. The normalized spacial score (nSPS) is 17.5. The first kappa shape index (κ1) is 15.4. The predicted molar refractivity (Wildman–Crippen MR) is 89.0 cm³/mol. The van der Waals surface area contributed by atoms with Gasteiger partial charge in [-0.05, 0) is 36.4 Å². The van der Waals surface area contributed by atoms with Crippen LogP contribution in [0.2, 0.25) is 5.02 Å². The lowest BCUT2D eigenvalue weighted by Gasteiger charge is -2.16. The summed E-state index contributed by atoms with van der Waals surface area (Å²) in [6.45, 7) is 0. The van der Waals surface area contributed by atoms with Crippen LogP contribution in [0.4, 0.5) is 11.4 Å². The summed E-state index contributed by atoms with van der Waals surface area (Å²) in [5.74, 6) is 0.166. The van der Waals surface area contributed by atoms with Crippen LogP contribution < -0.4 is 15.0 Å². The van der Waals surface area contributed by atoms with Crippen molar-refractivity contribution < 1.29 is 14.3 Å². The Labute approximate surface area is 138 Å². The fourth-order valence-corrected chi connectivity index (χ4v) is 2.65. The van der Waals surface area contributed by atoms with Gasteiger partial charge in [0.15, 0.2) is 0 Å². The standard InChI is InChI=1S/C17H15ClN2O3/c1-23-14-4-2-3-12(9-14)19-15-10-16(21)20(17(15)22)13-7-5-11(18)6-8-13/h2-9,15,19H,10H2,1H3. The minimum Gasteiger partial charge on any atom is -0.497 e. The van der Waals surface area contributed by atoms with Crippen molar-refractivity contribution >= 4 is 34.8 Å². The lowest BCUT2D eigenvalue weighted by Crippen LogP contribution is -2.34. The first-order valence-corrected chi connectivity index (χ1v) is 7.49. The Morgan fingerprint density at radius 1 is 1.17 bits per heavy atom. The summed E-state index contributed by atoms with van der Waals surface area (Å²) in [6.07, 6.45) is 0.110. The van der Waals surface area contributed by atoms with Crippen LogP contribution in [0.25, 0.3) is 0 Å². The Morgan fingerprint density at radius 3 is 2.61 bits per heavy atom. The third kappa shape index (κ3) is 3.14. The van der Waals surface area contributed by atoms with Gasteiger partial charge in [-0.1, -0.05) is 17.7 Å². The molecular weight excluding hydrogens is 316 g/mol. The second-order valence-corrected chi connectivity index (χ2v) is 5.61. The summed E-state index contributed by atoms with van der Waals surface area (Å²) < 4.78 is 5.15. The highest BCUT2D eigenvalue weighted by molar-refractivity contribution is 6.30. The van der Waals surface area contributed by atoms with Crippen LogP contribution in [0.15, 0.2) is 48.5 Å². The monoisotopic (exact) mass is 330 g/mol. The number of methoxy groups -OCH3 is 1. The van der Waals surface area contributed by atoms with Crippen LogP contribution in [0.3, 0.4) is 0 Å². The van der Waals surface area contributed by atoms with Crippen molar-refractivity contribution in [2.24, 2.45) is 0 Å². The van der Waals surface area contributed by atoms with Gasteiger partial charge in [-0.15, -0.1) is 0 Å². The van der Waals surface area contributed by atoms with Crippen molar-refractivity contribution in [1.82, 2.24) is 0 Å². The number of amides is 2. The van der Waals surface area contributed by atoms with Crippen LogP contribution in [0.1, 0.15) is 6.42 Å². The van der Waals surface area contributed by atoms with Gasteiger partial charge in [-0.2, -0.15) is 0 Å². The van der Waals surface area contributed by atoms with E-state index in [4.69, 9.17) is 16.3 Å². The van der Waals surface area contributed by atoms with E-state index in [1.54, 1.807) is 37.4 Å². The van der Waals surface area contributed by atoms with Crippen molar-refractivity contribution in [2.75, 3.05) is 17.3 Å². The largest absolute Gasteiger partial charge is 0.497 e. The van der Waals surface area contributed by atoms with Crippen molar-refractivity contribution in [3.05, 3.63) is 53.6 Å². The van der Waals surface area contributed by atoms with Gasteiger partial charge in [0.25, 0.3) is 5.91 Å². The van der Waals surface area contributed by atoms with E-state index in [0.717, 1.165) is 5.69 Å². The molecule has 0 spiro atoms. The number of anilines is 2. The maximum absolute atomic E-state index is 12.5. The summed E-state index contributed by atoms with van der Waals surface area (Å²) in [5, 5.41) is 3.64. The SMILES string of the molecule is COc1cccc(NC2CC(=O)N(c3ccc(Cl)cc3)C2=O)c1. The molecule has 2 aromatic carbocycles. The molecule has 0 saturated carbocycles. The molecule has 2 amide bonds. The maximum Gasteiger partial charge on any atom is 0.256 e. The first-order chi connectivity index (χ1) is 11.1. The average molecular weight is 331 g/mol. The van der Waals surface area contributed by atoms with Gasteiger partial charge < -0.3 is 10.1 Å². The lowest BCUT2D eigenvalue weighted by atomic mass is 10.2. The molecule has 6 heteroatoms. The minimum absolute atomic E-state index is 0.110. The van der Waals surface area contributed by atoms with Gasteiger partial charge in [-0.3, -0.25) is 9.59 Å². The molecule has 23 heavy (non-hydrogen) atoms. The molecule has 3 rings (SSSR count). The van der Waals surface area contributed by atoms with Gasteiger partial charge >= 0.3 is 0 Å². The number of ether oxygens (including phenoxy) is 1. The molecule has 118 valence electrons. The number of rotatable bonds is 4. The molecule has 1 atom stereocenters. The minimum atomic E-state index is -0.592. The second-order valence-electron chi connectivity index (χ2n) is 5.18. The third-order valence-corrected chi connectivity index (χ3v) is 3.89. The Bertz CT molecular complexity index is 746. The smallest absolute Gasteiger partial charge is 0.256 e. The Morgan fingerprint density at radius 2 is 1.91 bits per heavy atom. The number of halogens is 1. The van der Waals surface area contributed by atoms with Gasteiger partial charge in [0.05, 0.1) is 19.2 Å². The number of nitrogens with one attached hydrogen (secondary N) is 1. The zero-order valence-corrected chi connectivity index (χ0v) is 13.2. The third-order valence-electron chi connectivity index (χ3n) is 3.64. The molecular formula is C17H15ClN2O3. The second kappa shape index (κ2) is 6.30. The molecule has 0 radical (unpaired) electrons. The molecule has 1 unspecified atom stereocenters. The van der Waals surface area contributed by atoms with Crippen molar-refractivity contribution in [3.63, 3.8) is 0 Å². The number of hydrogen-bond donors (Lipinski definition) is 1. The lowest BCUT2D eigenvalue weighted by molar-refractivity contribution is -0.121. The molecule has 1 aliphatic heterocycles. The van der Waals surface area contributed by atoms with E-state index in [2.05, 4.69) is 5.32 Å². The van der Waals surface area contributed by atoms with Crippen LogP contribution in [0, 0.1) is 0 Å². The molecule has 1 aliphatic rings. The van der Waals surface area contributed by atoms with E-state index >= 15 is 0 Å². The number of hydrogen-bond acceptors (Lipinski definition) is 4. The van der Waals surface area contributed by atoms with Crippen LogP contribution in [0.5, 0.6) is 5.75 Å². The predicted octanol–water partition coefficient (Wildman–Crippen LogP) is 3.09. The maximum atomic E-state index is 12.5. The Hall–Kier alpha value is -2.53. The fraction of sp³-hybridized carbons (Fsp3) is 0.176. The Kier molecular flexibility index (Phi) is 4.21. The zero-order valence-electron chi connectivity index (χ0n) is 12.5. The highest BCUT2D eigenvalue weighted by Crippen LogP contribution is 2.27. The van der Waals surface area contributed by atoms with Crippen LogP contribution in [-0.2, 0) is 9.59 Å². The number of benzene rings is 2. The average Bonchev–Trinajstić information content (AvgIpc) is 2.83. The number of carbonyl (C=O) groups excluding carboxylic acids is 2. The zero-order chi connectivity index (χ0) is 16.4. The first-order valence-electron chi connectivity index (χ1n) is 7.11. The molecule has 1 heterocycles. The fourth-order valence-electron chi connectivity index (χ4n) is 2.52. The summed E-state index contributed by atoms with van der Waals surface area (Å²) in [6, 6.07) is 13.3. The quantitative estimate of drug-likeness (QED) is 0.875. The van der Waals surface area contributed by atoms with E-state index in [-0.39, 0.29) is 18.2 Å². The van der Waals surface area contributed by atoms with Crippen molar-refractivity contribution in [2.45, 2.75) is 12.5 Å². The summed E-state index contributed by atoms with van der Waals surface area (Å²) in [4.78, 5) is 25.9. The molecule has 2 aromatic rings. The highest BCUT2D eigenvalue weighted by atomic mass is 35.5. The van der Waals surface area contributed by atoms with Gasteiger partial charge in [-0.25, -0.2) is 4.90 Å².